The van der Waals surface area contributed by atoms with Crippen molar-refractivity contribution in [2.75, 3.05) is 7.05 Å². The van der Waals surface area contributed by atoms with E-state index in [0.717, 1.165) is 16.6 Å². The molecule has 0 fully saturated rings. The molecule has 1 N–H and O–H groups in total. The maximum Gasteiger partial charge on any atom is 0.237 e. The number of carbonyl (C=O) groups is 1. The van der Waals surface area contributed by atoms with Gasteiger partial charge in [-0.1, -0.05) is 29.8 Å². The van der Waals surface area contributed by atoms with Crippen LogP contribution in [-0.2, 0) is 17.9 Å². The Labute approximate surface area is 144 Å². The molecule has 0 saturated heterocycles. The highest BCUT2D eigenvalue weighted by Gasteiger charge is 2.18. The van der Waals surface area contributed by atoms with Gasteiger partial charge in [-0.3, -0.25) is 9.69 Å². The Morgan fingerprint density at radius 2 is 2.05 bits per heavy atom. The predicted molar refractivity (Wildman–Crippen MR) is 96.0 cm³/mol. The van der Waals surface area contributed by atoms with Crippen LogP contribution < -0.4 is 5.32 Å². The van der Waals surface area contributed by atoms with E-state index in [4.69, 9.17) is 0 Å². The Morgan fingerprint density at radius 3 is 2.64 bits per heavy atom. The van der Waals surface area contributed by atoms with Crippen LogP contribution in [0.4, 0.5) is 0 Å². The minimum atomic E-state index is -0.161. The van der Waals surface area contributed by atoms with Crippen LogP contribution in [0, 0.1) is 6.92 Å². The van der Waals surface area contributed by atoms with Gasteiger partial charge in [-0.05, 0) is 48.5 Å². The van der Waals surface area contributed by atoms with Crippen LogP contribution in [0.3, 0.4) is 0 Å². The summed E-state index contributed by atoms with van der Waals surface area (Å²) < 4.78 is 1.09. The smallest absolute Gasteiger partial charge is 0.237 e. The van der Waals surface area contributed by atoms with Crippen molar-refractivity contribution in [3.8, 4) is 0 Å². The quantitative estimate of drug-likeness (QED) is 0.822. The van der Waals surface area contributed by atoms with Gasteiger partial charge in [0.25, 0.3) is 0 Å². The first-order valence-corrected chi connectivity index (χ1v) is 8.89. The fraction of sp³-hybridized carbons (Fsp3) is 0.353. The summed E-state index contributed by atoms with van der Waals surface area (Å²) in [6.45, 7) is 5.34. The molecule has 118 valence electrons. The van der Waals surface area contributed by atoms with Crippen LogP contribution in [0.15, 0.2) is 40.2 Å². The lowest BCUT2D eigenvalue weighted by molar-refractivity contribution is -0.125. The van der Waals surface area contributed by atoms with Gasteiger partial charge in [0.05, 0.1) is 6.04 Å². The normalized spacial score (nSPS) is 12.4. The summed E-state index contributed by atoms with van der Waals surface area (Å²) in [5, 5.41) is 5.06. The van der Waals surface area contributed by atoms with E-state index in [2.05, 4.69) is 56.6 Å². The number of rotatable bonds is 6. The van der Waals surface area contributed by atoms with Crippen molar-refractivity contribution in [1.82, 2.24) is 10.2 Å². The van der Waals surface area contributed by atoms with Gasteiger partial charge in [0.2, 0.25) is 5.91 Å². The average molecular weight is 381 g/mol. The number of likely N-dealkylation sites (N-methyl/N-ethyl adjacent to an activating group) is 1. The van der Waals surface area contributed by atoms with Crippen molar-refractivity contribution in [1.29, 1.82) is 0 Å². The van der Waals surface area contributed by atoms with Gasteiger partial charge in [0, 0.05) is 27.8 Å². The van der Waals surface area contributed by atoms with Crippen LogP contribution in [0.25, 0.3) is 0 Å². The summed E-state index contributed by atoms with van der Waals surface area (Å²) in [4.78, 5) is 15.6. The second-order valence-corrected chi connectivity index (χ2v) is 7.44. The monoisotopic (exact) mass is 380 g/mol. The van der Waals surface area contributed by atoms with Gasteiger partial charge in [-0.2, -0.15) is 0 Å². The third-order valence-corrected chi connectivity index (χ3v) is 5.34. The number of benzene rings is 1. The van der Waals surface area contributed by atoms with Crippen LogP contribution in [0.1, 0.15) is 22.9 Å². The fourth-order valence-corrected chi connectivity index (χ4v) is 3.58. The van der Waals surface area contributed by atoms with Crippen molar-refractivity contribution < 1.29 is 4.79 Å². The minimum Gasteiger partial charge on any atom is -0.351 e. The maximum atomic E-state index is 12.3. The van der Waals surface area contributed by atoms with Gasteiger partial charge in [-0.15, -0.1) is 11.3 Å². The zero-order valence-electron chi connectivity index (χ0n) is 13.1. The SMILES string of the molecule is Cc1ccc(CNC(=O)C(C)N(C)Cc2cc(Br)cs2)cc1. The number of carbonyl (C=O) groups excluding carboxylic acids is 1. The molecule has 1 amide bonds. The number of nitrogens with one attached hydrogen (secondary N) is 1. The van der Waals surface area contributed by atoms with Gasteiger partial charge >= 0.3 is 0 Å². The molecule has 0 aliphatic heterocycles. The number of thiophene rings is 1. The lowest BCUT2D eigenvalue weighted by atomic mass is 10.1. The number of hydrogen-bond donors (Lipinski definition) is 1. The number of amides is 1. The number of halogens is 1. The van der Waals surface area contributed by atoms with E-state index in [1.165, 1.54) is 10.4 Å². The molecule has 0 aliphatic rings. The highest BCUT2D eigenvalue weighted by Crippen LogP contribution is 2.21. The predicted octanol–water partition coefficient (Wildman–Crippen LogP) is 3.96. The van der Waals surface area contributed by atoms with Crippen molar-refractivity contribution in [2.45, 2.75) is 33.0 Å². The molecular weight excluding hydrogens is 360 g/mol. The van der Waals surface area contributed by atoms with Crippen LogP contribution in [0.2, 0.25) is 0 Å². The molecule has 0 radical (unpaired) electrons. The molecule has 1 heterocycles. The molecule has 0 saturated carbocycles. The van der Waals surface area contributed by atoms with E-state index < -0.39 is 0 Å². The zero-order chi connectivity index (χ0) is 16.1. The first-order valence-electron chi connectivity index (χ1n) is 7.22. The molecule has 22 heavy (non-hydrogen) atoms. The van der Waals surface area contributed by atoms with E-state index in [9.17, 15) is 4.79 Å². The summed E-state index contributed by atoms with van der Waals surface area (Å²) in [6, 6.07) is 10.2. The molecule has 0 aliphatic carbocycles. The van der Waals surface area contributed by atoms with Crippen LogP contribution in [-0.4, -0.2) is 23.9 Å². The summed E-state index contributed by atoms with van der Waals surface area (Å²) in [5.74, 6) is 0.0543. The maximum absolute atomic E-state index is 12.3. The van der Waals surface area contributed by atoms with E-state index in [0.29, 0.717) is 6.54 Å². The Bertz CT molecular complexity index is 624. The van der Waals surface area contributed by atoms with E-state index in [1.807, 2.05) is 26.1 Å². The van der Waals surface area contributed by atoms with Gasteiger partial charge in [0.15, 0.2) is 0 Å². The average Bonchev–Trinajstić information content (AvgIpc) is 2.90. The molecule has 1 atom stereocenters. The van der Waals surface area contributed by atoms with Crippen LogP contribution >= 0.6 is 27.3 Å². The molecule has 1 unspecified atom stereocenters. The van der Waals surface area contributed by atoms with Gasteiger partial charge in [-0.25, -0.2) is 0 Å². The van der Waals surface area contributed by atoms with E-state index >= 15 is 0 Å². The highest BCUT2D eigenvalue weighted by atomic mass is 79.9. The van der Waals surface area contributed by atoms with Crippen molar-refractivity contribution >= 4 is 33.2 Å². The Kier molecular flexibility index (Phi) is 6.17. The Balaban J connectivity index is 1.84. The number of aryl methyl sites for hydroxylation is 1. The summed E-state index contributed by atoms with van der Waals surface area (Å²) in [7, 11) is 1.98. The first-order chi connectivity index (χ1) is 10.5. The molecule has 0 spiro atoms. The number of nitrogens with zero attached hydrogens (tertiary/aromatic N) is 1. The van der Waals surface area contributed by atoms with Gasteiger partial charge < -0.3 is 5.32 Å². The van der Waals surface area contributed by atoms with E-state index in [1.54, 1.807) is 11.3 Å². The zero-order valence-corrected chi connectivity index (χ0v) is 15.5. The highest BCUT2D eigenvalue weighted by molar-refractivity contribution is 9.10. The molecule has 2 aromatic rings. The summed E-state index contributed by atoms with van der Waals surface area (Å²) in [5.41, 5.74) is 2.35. The molecule has 5 heteroatoms. The lowest BCUT2D eigenvalue weighted by Gasteiger charge is -2.23. The molecule has 0 bridgehead atoms. The summed E-state index contributed by atoms with van der Waals surface area (Å²) >= 11 is 5.15. The van der Waals surface area contributed by atoms with Crippen molar-refractivity contribution in [3.05, 3.63) is 56.2 Å². The second kappa shape index (κ2) is 7.90. The van der Waals surface area contributed by atoms with Crippen molar-refractivity contribution in [2.24, 2.45) is 0 Å². The Hall–Kier alpha value is -1.17. The first kappa shape index (κ1) is 17.2. The number of hydrogen-bond acceptors (Lipinski definition) is 3. The third-order valence-electron chi connectivity index (χ3n) is 3.65. The molecule has 1 aromatic carbocycles. The lowest BCUT2D eigenvalue weighted by Crippen LogP contribution is -2.42. The van der Waals surface area contributed by atoms with Crippen molar-refractivity contribution in [3.63, 3.8) is 0 Å². The third kappa shape index (κ3) is 4.93. The fourth-order valence-electron chi connectivity index (χ4n) is 2.06. The second-order valence-electron chi connectivity index (χ2n) is 5.53. The van der Waals surface area contributed by atoms with Gasteiger partial charge in [0.1, 0.15) is 0 Å². The largest absolute Gasteiger partial charge is 0.351 e. The molecule has 2 rings (SSSR count). The van der Waals surface area contributed by atoms with E-state index in [-0.39, 0.29) is 11.9 Å². The summed E-state index contributed by atoms with van der Waals surface area (Å²) in [6.07, 6.45) is 0. The molecular formula is C17H21BrN2OS. The van der Waals surface area contributed by atoms with Crippen LogP contribution in [0.5, 0.6) is 0 Å². The topological polar surface area (TPSA) is 32.3 Å². The molecule has 3 nitrogen and oxygen atoms in total. The Morgan fingerprint density at radius 1 is 1.36 bits per heavy atom. The minimum absolute atomic E-state index is 0.0543. The molecule has 1 aromatic heterocycles. The standard InChI is InChI=1S/C17H21BrN2OS/c1-12-4-6-14(7-5-12)9-19-17(21)13(2)20(3)10-16-8-15(18)11-22-16/h4-8,11,13H,9-10H2,1-3H3,(H,19,21).